The van der Waals surface area contributed by atoms with E-state index >= 15 is 0 Å². The maximum absolute atomic E-state index is 13.4. The summed E-state index contributed by atoms with van der Waals surface area (Å²) in [6.07, 6.45) is 5.24. The van der Waals surface area contributed by atoms with Gasteiger partial charge in [0.15, 0.2) is 0 Å². The lowest BCUT2D eigenvalue weighted by Crippen LogP contribution is -2.54. The standard InChI is InChI=1S/C36H22N12O12/c49-25-21(26(50)42-33(57)41-25)17-9-1-2-10(37-9)18(22-27(51)43-34(58)44-28(22)52)12-5-6-14(39-12)20(24-31(55)47-36(60)48-32(24)56)16-8-7-15(40-16)19(13-4-3-11(17)38-13)23-29(53)45-35(59)46-30(23)54/h1-8,21-24,37-38H,(H2,41,42,49,50,57)(H2,43,44,51,52,58)(H2,45,46,53,54,59)(H2,47,48,55,56,60). The van der Waals surface area contributed by atoms with Crippen LogP contribution in [0.1, 0.15) is 68.7 Å². The number of amides is 16. The van der Waals surface area contributed by atoms with E-state index in [4.69, 9.17) is 0 Å². The number of aromatic nitrogens is 4. The number of urea groups is 4. The third kappa shape index (κ3) is 5.85. The van der Waals surface area contributed by atoms with Crippen molar-refractivity contribution >= 4 is 118 Å². The molecule has 4 fully saturated rings. The molecule has 3 aromatic rings. The van der Waals surface area contributed by atoms with E-state index < -0.39 is 95.1 Å². The highest BCUT2D eigenvalue weighted by Crippen LogP contribution is 2.37. The molecular weight excluding hydrogens is 792 g/mol. The van der Waals surface area contributed by atoms with Crippen LogP contribution < -0.4 is 42.5 Å². The van der Waals surface area contributed by atoms with E-state index in [0.29, 0.717) is 0 Å². The molecule has 0 aliphatic carbocycles. The van der Waals surface area contributed by atoms with Gasteiger partial charge < -0.3 is 9.97 Å². The Morgan fingerprint density at radius 3 is 0.800 bits per heavy atom. The van der Waals surface area contributed by atoms with Gasteiger partial charge in [-0.3, -0.25) is 80.9 Å². The number of carbonyl (C=O) groups excluding carboxylic acids is 12. The average molecular weight is 815 g/mol. The summed E-state index contributed by atoms with van der Waals surface area (Å²) in [6, 6.07) is 1.01. The molecule has 4 saturated heterocycles. The summed E-state index contributed by atoms with van der Waals surface area (Å²) in [4.78, 5) is 171. The van der Waals surface area contributed by atoms with Crippen molar-refractivity contribution in [3.63, 3.8) is 0 Å². The Balaban J connectivity index is 1.45. The monoisotopic (exact) mass is 814 g/mol. The van der Waals surface area contributed by atoms with E-state index in [0.717, 1.165) is 0 Å². The van der Waals surface area contributed by atoms with Crippen LogP contribution in [0, 0.1) is 0 Å². The van der Waals surface area contributed by atoms with Crippen molar-refractivity contribution in [3.8, 4) is 0 Å². The van der Waals surface area contributed by atoms with E-state index in [9.17, 15) is 57.5 Å². The van der Waals surface area contributed by atoms with Crippen molar-refractivity contribution < 1.29 is 57.5 Å². The second-order valence-electron chi connectivity index (χ2n) is 13.6. The molecule has 10 N–H and O–H groups in total. The van der Waals surface area contributed by atoms with Crippen molar-refractivity contribution in [1.82, 2.24) is 62.5 Å². The fraction of sp³-hybridized carbons (Fsp3) is 0.111. The summed E-state index contributed by atoms with van der Waals surface area (Å²) < 4.78 is 0. The van der Waals surface area contributed by atoms with Gasteiger partial charge in [-0.1, -0.05) is 0 Å². The molecule has 24 nitrogen and oxygen atoms in total. The molecular formula is C36H22N12O12. The highest BCUT2D eigenvalue weighted by Gasteiger charge is 2.43. The number of nitrogens with zero attached hydrogens (tertiary/aromatic N) is 2. The van der Waals surface area contributed by atoms with E-state index in [1.54, 1.807) is 0 Å². The minimum absolute atomic E-state index is 0.0198. The Bertz CT molecular complexity index is 2730. The molecule has 9 heterocycles. The van der Waals surface area contributed by atoms with Crippen LogP contribution in [-0.4, -0.2) is 91.3 Å². The first kappa shape index (κ1) is 36.7. The van der Waals surface area contributed by atoms with E-state index in [1.807, 2.05) is 42.5 Å². The number of barbiturate groups is 4. The molecule has 0 aromatic carbocycles. The summed E-state index contributed by atoms with van der Waals surface area (Å²) >= 11 is 0. The summed E-state index contributed by atoms with van der Waals surface area (Å²) in [5, 5.41) is 16.2. The summed E-state index contributed by atoms with van der Waals surface area (Å²) in [7, 11) is 0. The van der Waals surface area contributed by atoms with Crippen LogP contribution in [0.3, 0.4) is 0 Å². The Kier molecular flexibility index (Phi) is 8.14. The van der Waals surface area contributed by atoms with Crippen molar-refractivity contribution in [1.29, 1.82) is 0 Å². The number of fused-ring (bicyclic) bond motifs is 8. The third-order valence-corrected chi connectivity index (χ3v) is 10.1. The fourth-order valence-electron chi connectivity index (χ4n) is 7.63. The zero-order chi connectivity index (χ0) is 42.3. The molecule has 0 unspecified atom stereocenters. The first-order valence-electron chi connectivity index (χ1n) is 17.5. The van der Waals surface area contributed by atoms with Gasteiger partial charge in [-0.05, 0) is 48.6 Å². The van der Waals surface area contributed by atoms with Gasteiger partial charge in [0.1, 0.15) is 23.7 Å². The zero-order valence-corrected chi connectivity index (χ0v) is 29.7. The molecule has 24 heteroatoms. The van der Waals surface area contributed by atoms with E-state index in [1.165, 1.54) is 48.6 Å². The van der Waals surface area contributed by atoms with Gasteiger partial charge >= 0.3 is 24.1 Å². The van der Waals surface area contributed by atoms with Crippen molar-refractivity contribution in [2.24, 2.45) is 0 Å². The van der Waals surface area contributed by atoms with Crippen molar-refractivity contribution in [2.75, 3.05) is 0 Å². The van der Waals surface area contributed by atoms with Gasteiger partial charge in [0, 0.05) is 44.3 Å². The highest BCUT2D eigenvalue weighted by molar-refractivity contribution is 6.23. The Morgan fingerprint density at radius 1 is 0.300 bits per heavy atom. The first-order chi connectivity index (χ1) is 28.7. The first-order valence-corrected chi connectivity index (χ1v) is 17.5. The number of nitrogens with one attached hydrogen (secondary N) is 10. The number of H-pyrrole nitrogens is 2. The van der Waals surface area contributed by atoms with E-state index in [-0.39, 0.29) is 67.1 Å². The minimum atomic E-state index is -1.82. The number of imide groups is 8. The molecule has 6 aliphatic rings. The van der Waals surface area contributed by atoms with E-state index in [2.05, 4.69) is 19.9 Å². The second kappa shape index (κ2) is 13.3. The number of rotatable bonds is 4. The topological polar surface area (TPSA) is 358 Å². The third-order valence-electron chi connectivity index (χ3n) is 10.1. The van der Waals surface area contributed by atoms with Gasteiger partial charge in [0.2, 0.25) is 47.3 Å². The maximum atomic E-state index is 13.4. The molecule has 3 aromatic heterocycles. The summed E-state index contributed by atoms with van der Waals surface area (Å²) in [5.41, 5.74) is -1.40. The van der Waals surface area contributed by atoms with Crippen LogP contribution in [-0.2, 0) is 38.4 Å². The number of hydrogen-bond donors (Lipinski definition) is 10. The maximum Gasteiger partial charge on any atom is 0.328 e. The van der Waals surface area contributed by atoms with Gasteiger partial charge in [-0.15, -0.1) is 0 Å². The molecule has 0 radical (unpaired) electrons. The lowest BCUT2D eigenvalue weighted by molar-refractivity contribution is -0.133. The molecule has 0 atom stereocenters. The van der Waals surface area contributed by atoms with Crippen LogP contribution >= 0.6 is 0 Å². The van der Waals surface area contributed by atoms with Crippen molar-refractivity contribution in [3.05, 3.63) is 69.3 Å². The Morgan fingerprint density at radius 2 is 0.517 bits per heavy atom. The molecule has 9 rings (SSSR count). The molecule has 8 bridgehead atoms. The van der Waals surface area contributed by atoms with Crippen LogP contribution in [0.2, 0.25) is 0 Å². The normalized spacial score (nSPS) is 19.1. The predicted molar refractivity (Wildman–Crippen MR) is 197 cm³/mol. The van der Waals surface area contributed by atoms with Gasteiger partial charge in [0.25, 0.3) is 0 Å². The smallest absolute Gasteiger partial charge is 0.328 e. The van der Waals surface area contributed by atoms with Gasteiger partial charge in [0.05, 0.1) is 22.8 Å². The van der Waals surface area contributed by atoms with Gasteiger partial charge in [-0.25, -0.2) is 29.1 Å². The lowest BCUT2D eigenvalue weighted by atomic mass is 9.93. The van der Waals surface area contributed by atoms with Gasteiger partial charge in [-0.2, -0.15) is 0 Å². The second-order valence-corrected chi connectivity index (χ2v) is 13.6. The van der Waals surface area contributed by atoms with Crippen LogP contribution in [0.4, 0.5) is 19.2 Å². The SMILES string of the molecule is O=C1NC(=O)C(c2c3nc(c(C4C(=O)NC(=O)NC4=O)c4ccc([nH]4)c(C4C(=O)NC(=O)NC4=O)c4ccc([nH]4)c(C4C(=O)NC(=O)NC4=O)c4nc2C=C4)C=C3)C(=O)N1. The highest BCUT2D eigenvalue weighted by atomic mass is 16.2. The van der Waals surface area contributed by atoms with Crippen molar-refractivity contribution in [2.45, 2.75) is 23.7 Å². The molecule has 0 saturated carbocycles. The summed E-state index contributed by atoms with van der Waals surface area (Å²) in [5.74, 6) is -15.8. The predicted octanol–water partition coefficient (Wildman–Crippen LogP) is -1.55. The molecule has 60 heavy (non-hydrogen) atoms. The molecule has 0 spiro atoms. The Labute approximate surface area is 330 Å². The minimum Gasteiger partial charge on any atom is -0.355 e. The number of carbonyl (C=O) groups is 12. The largest absolute Gasteiger partial charge is 0.355 e. The summed E-state index contributed by atoms with van der Waals surface area (Å²) in [6.45, 7) is 0. The molecule has 6 aliphatic heterocycles. The van der Waals surface area contributed by atoms with Crippen LogP contribution in [0.5, 0.6) is 0 Å². The Hall–Kier alpha value is -8.96. The molecule has 16 amide bonds. The van der Waals surface area contributed by atoms with Crippen LogP contribution in [0.15, 0.2) is 24.3 Å². The van der Waals surface area contributed by atoms with Crippen LogP contribution in [0.25, 0.3) is 46.4 Å². The average Bonchev–Trinajstić information content (AvgIpc) is 3.99. The number of hydrogen-bond acceptors (Lipinski definition) is 14. The lowest BCUT2D eigenvalue weighted by Gasteiger charge is -2.22. The molecule has 298 valence electrons. The zero-order valence-electron chi connectivity index (χ0n) is 29.7. The quantitative estimate of drug-likeness (QED) is 0.0920. The number of aromatic amines is 2. The fourth-order valence-corrected chi connectivity index (χ4v) is 7.63.